The lowest BCUT2D eigenvalue weighted by atomic mass is 10.5. The minimum Gasteiger partial charge on any atom is -0.358 e. The molecule has 0 bridgehead atoms. The standard InChI is InChI=1S/C5H4N2O2.H4N2/c8-7(9)5-3-1-2-4-6-5;1-2/h1-4H;1-2H2. The summed E-state index contributed by atoms with van der Waals surface area (Å²) in [4.78, 5) is 12.9. The molecule has 0 aromatic carbocycles. The van der Waals surface area contributed by atoms with Crippen molar-refractivity contribution in [3.63, 3.8) is 0 Å². The van der Waals surface area contributed by atoms with E-state index >= 15 is 0 Å². The molecule has 6 nitrogen and oxygen atoms in total. The summed E-state index contributed by atoms with van der Waals surface area (Å²) in [6.45, 7) is 0. The predicted octanol–water partition coefficient (Wildman–Crippen LogP) is -0.191. The maximum Gasteiger partial charge on any atom is 0.363 e. The zero-order valence-electron chi connectivity index (χ0n) is 5.68. The molecular weight excluding hydrogens is 148 g/mol. The van der Waals surface area contributed by atoms with Gasteiger partial charge in [-0.3, -0.25) is 11.7 Å². The van der Waals surface area contributed by atoms with Gasteiger partial charge in [-0.25, -0.2) is 0 Å². The topological polar surface area (TPSA) is 108 Å². The minimum atomic E-state index is -0.528. The molecule has 0 aliphatic heterocycles. The van der Waals surface area contributed by atoms with E-state index in [-0.39, 0.29) is 5.82 Å². The molecule has 0 spiro atoms. The Hall–Kier alpha value is -1.53. The zero-order valence-corrected chi connectivity index (χ0v) is 5.68. The number of nitrogens with two attached hydrogens (primary N) is 2. The first-order valence-corrected chi connectivity index (χ1v) is 2.69. The van der Waals surface area contributed by atoms with Crippen LogP contribution in [0.25, 0.3) is 0 Å². The minimum absolute atomic E-state index is 0.113. The molecule has 0 unspecified atom stereocenters. The van der Waals surface area contributed by atoms with Crippen LogP contribution in [-0.4, -0.2) is 9.91 Å². The van der Waals surface area contributed by atoms with E-state index in [1.54, 1.807) is 12.1 Å². The van der Waals surface area contributed by atoms with Crippen molar-refractivity contribution in [1.29, 1.82) is 0 Å². The molecule has 0 atom stereocenters. The lowest BCUT2D eigenvalue weighted by Gasteiger charge is -1.86. The fourth-order valence-corrected chi connectivity index (χ4v) is 0.462. The molecule has 60 valence electrons. The molecule has 0 saturated carbocycles. The van der Waals surface area contributed by atoms with E-state index in [4.69, 9.17) is 0 Å². The fourth-order valence-electron chi connectivity index (χ4n) is 0.462. The number of nitro groups is 1. The van der Waals surface area contributed by atoms with Gasteiger partial charge >= 0.3 is 5.82 Å². The summed E-state index contributed by atoms with van der Waals surface area (Å²) in [7, 11) is 0. The Morgan fingerprint density at radius 1 is 1.45 bits per heavy atom. The van der Waals surface area contributed by atoms with Crippen LogP contribution in [-0.2, 0) is 0 Å². The highest BCUT2D eigenvalue weighted by atomic mass is 16.6. The van der Waals surface area contributed by atoms with Crippen LogP contribution in [0.15, 0.2) is 24.4 Å². The fraction of sp³-hybridized carbons (Fsp3) is 0. The first-order chi connectivity index (χ1) is 5.30. The first-order valence-electron chi connectivity index (χ1n) is 2.69. The van der Waals surface area contributed by atoms with Crippen molar-refractivity contribution in [3.8, 4) is 0 Å². The van der Waals surface area contributed by atoms with Gasteiger partial charge in [0.1, 0.15) is 6.20 Å². The summed E-state index contributed by atoms with van der Waals surface area (Å²) >= 11 is 0. The third-order valence-electron chi connectivity index (χ3n) is 0.836. The Morgan fingerprint density at radius 3 is 2.36 bits per heavy atom. The van der Waals surface area contributed by atoms with Crippen LogP contribution in [0.4, 0.5) is 5.82 Å². The molecule has 1 heterocycles. The van der Waals surface area contributed by atoms with Gasteiger partial charge in [0.2, 0.25) is 0 Å². The van der Waals surface area contributed by atoms with E-state index in [0.29, 0.717) is 0 Å². The highest BCUT2D eigenvalue weighted by Gasteiger charge is 2.00. The summed E-state index contributed by atoms with van der Waals surface area (Å²) in [5, 5.41) is 9.94. The van der Waals surface area contributed by atoms with Gasteiger partial charge in [-0.2, -0.15) is 0 Å². The van der Waals surface area contributed by atoms with E-state index in [0.717, 1.165) is 0 Å². The second-order valence-electron chi connectivity index (χ2n) is 1.45. The van der Waals surface area contributed by atoms with Gasteiger partial charge in [-0.1, -0.05) is 6.07 Å². The van der Waals surface area contributed by atoms with Gasteiger partial charge < -0.3 is 10.1 Å². The van der Waals surface area contributed by atoms with Crippen molar-refractivity contribution in [2.24, 2.45) is 11.7 Å². The van der Waals surface area contributed by atoms with Crippen LogP contribution in [0.5, 0.6) is 0 Å². The molecule has 4 N–H and O–H groups in total. The smallest absolute Gasteiger partial charge is 0.358 e. The van der Waals surface area contributed by atoms with Gasteiger partial charge in [-0.15, -0.1) is 0 Å². The maximum atomic E-state index is 9.94. The number of aromatic nitrogens is 1. The number of hydrazine groups is 1. The Bertz CT molecular complexity index is 213. The third-order valence-corrected chi connectivity index (χ3v) is 0.836. The highest BCUT2D eigenvalue weighted by Crippen LogP contribution is 2.01. The van der Waals surface area contributed by atoms with Gasteiger partial charge in [0.25, 0.3) is 0 Å². The quantitative estimate of drug-likeness (QED) is 0.332. The highest BCUT2D eigenvalue weighted by molar-refractivity contribution is 5.16. The molecule has 0 saturated heterocycles. The molecule has 1 aromatic rings. The molecule has 0 aliphatic carbocycles. The number of hydrogen-bond donors (Lipinski definition) is 2. The molecule has 1 rings (SSSR count). The second-order valence-corrected chi connectivity index (χ2v) is 1.45. The van der Waals surface area contributed by atoms with E-state index in [9.17, 15) is 10.1 Å². The SMILES string of the molecule is NN.O=[N+]([O-])c1ccccn1. The van der Waals surface area contributed by atoms with E-state index in [2.05, 4.69) is 16.7 Å². The number of pyridine rings is 1. The zero-order chi connectivity index (χ0) is 8.69. The summed E-state index contributed by atoms with van der Waals surface area (Å²) in [6.07, 6.45) is 1.39. The Labute approximate surface area is 63.0 Å². The number of hydrogen-bond acceptors (Lipinski definition) is 5. The van der Waals surface area contributed by atoms with Crippen LogP contribution in [0.2, 0.25) is 0 Å². The van der Waals surface area contributed by atoms with E-state index in [1.165, 1.54) is 12.3 Å². The summed E-state index contributed by atoms with van der Waals surface area (Å²) < 4.78 is 0. The normalized spacial score (nSPS) is 7.82. The van der Waals surface area contributed by atoms with Crippen molar-refractivity contribution >= 4 is 5.82 Å². The van der Waals surface area contributed by atoms with Gasteiger partial charge in [0, 0.05) is 6.07 Å². The average Bonchev–Trinajstić information content (AvgIpc) is 2.10. The third kappa shape index (κ3) is 3.23. The molecule has 6 heteroatoms. The molecule has 0 fully saturated rings. The van der Waals surface area contributed by atoms with Crippen molar-refractivity contribution in [3.05, 3.63) is 34.5 Å². The molecule has 11 heavy (non-hydrogen) atoms. The summed E-state index contributed by atoms with van der Waals surface area (Å²) in [5.41, 5.74) is 0. The maximum absolute atomic E-state index is 9.94. The van der Waals surface area contributed by atoms with Crippen LogP contribution in [0.3, 0.4) is 0 Å². The second kappa shape index (κ2) is 5.27. The van der Waals surface area contributed by atoms with Crippen LogP contribution in [0.1, 0.15) is 0 Å². The van der Waals surface area contributed by atoms with E-state index < -0.39 is 4.92 Å². The lowest BCUT2D eigenvalue weighted by molar-refractivity contribution is -0.389. The first kappa shape index (κ1) is 9.47. The predicted molar refractivity (Wildman–Crippen MR) is 39.3 cm³/mol. The Morgan fingerprint density at radius 2 is 2.09 bits per heavy atom. The summed E-state index contributed by atoms with van der Waals surface area (Å²) in [5.74, 6) is 7.89. The van der Waals surface area contributed by atoms with Crippen molar-refractivity contribution < 1.29 is 4.92 Å². The monoisotopic (exact) mass is 156 g/mol. The molecule has 0 amide bonds. The van der Waals surface area contributed by atoms with Crippen molar-refractivity contribution in [1.82, 2.24) is 4.98 Å². The molecular formula is C5H8N4O2. The van der Waals surface area contributed by atoms with Crippen molar-refractivity contribution in [2.75, 3.05) is 0 Å². The van der Waals surface area contributed by atoms with Crippen LogP contribution < -0.4 is 11.7 Å². The van der Waals surface area contributed by atoms with Crippen LogP contribution >= 0.6 is 0 Å². The van der Waals surface area contributed by atoms with Gasteiger partial charge in [0.15, 0.2) is 0 Å². The molecule has 1 aromatic heterocycles. The summed E-state index contributed by atoms with van der Waals surface area (Å²) in [6, 6.07) is 4.55. The molecule has 0 aliphatic rings. The van der Waals surface area contributed by atoms with Crippen LogP contribution in [0, 0.1) is 10.1 Å². The number of rotatable bonds is 1. The van der Waals surface area contributed by atoms with Gasteiger partial charge in [0.05, 0.1) is 0 Å². The molecule has 0 radical (unpaired) electrons. The lowest BCUT2D eigenvalue weighted by Crippen LogP contribution is -2.02. The Kier molecular flexibility index (Phi) is 4.54. The van der Waals surface area contributed by atoms with Gasteiger partial charge in [-0.05, 0) is 16.0 Å². The Balaban J connectivity index is 0.000000461. The number of nitrogens with zero attached hydrogens (tertiary/aromatic N) is 2. The van der Waals surface area contributed by atoms with Crippen molar-refractivity contribution in [2.45, 2.75) is 0 Å². The van der Waals surface area contributed by atoms with E-state index in [1.807, 2.05) is 0 Å². The largest absolute Gasteiger partial charge is 0.363 e. The average molecular weight is 156 g/mol.